The molecule has 1 unspecified atom stereocenters. The number of hydrogen-bond acceptors (Lipinski definition) is 3. The first kappa shape index (κ1) is 13.9. The van der Waals surface area contributed by atoms with Crippen LogP contribution in [-0.4, -0.2) is 48.0 Å². The summed E-state index contributed by atoms with van der Waals surface area (Å²) in [5.74, 6) is 0.585. The molecule has 0 aliphatic rings. The zero-order chi connectivity index (χ0) is 11.4. The maximum Gasteiger partial charge on any atom is 0.0519 e. The van der Waals surface area contributed by atoms with Crippen LogP contribution in [0.3, 0.4) is 0 Å². The van der Waals surface area contributed by atoms with E-state index in [4.69, 9.17) is 10.2 Å². The summed E-state index contributed by atoms with van der Waals surface area (Å²) in [7, 11) is 2.04. The third kappa shape index (κ3) is 3.95. The Morgan fingerprint density at radius 3 is 1.86 bits per heavy atom. The van der Waals surface area contributed by atoms with Gasteiger partial charge in [-0.05, 0) is 19.9 Å². The lowest BCUT2D eigenvalue weighted by Crippen LogP contribution is -2.44. The number of hydrogen-bond donors (Lipinski definition) is 2. The minimum absolute atomic E-state index is 0.0264. The highest BCUT2D eigenvalue weighted by atomic mass is 16.3. The van der Waals surface area contributed by atoms with Crippen LogP contribution in [0.25, 0.3) is 0 Å². The van der Waals surface area contributed by atoms with E-state index in [2.05, 4.69) is 25.7 Å². The molecule has 0 aliphatic carbocycles. The van der Waals surface area contributed by atoms with Gasteiger partial charge in [0.15, 0.2) is 0 Å². The van der Waals surface area contributed by atoms with Crippen molar-refractivity contribution in [2.45, 2.75) is 33.7 Å². The second kappa shape index (κ2) is 5.69. The standard InChI is InChI=1S/C11H25NO2/c1-9(2)10(3)12(5)6-11(4,7-13)8-14/h9-10,13-14H,6-8H2,1-5H3. The lowest BCUT2D eigenvalue weighted by Gasteiger charge is -2.35. The Kier molecular flexibility index (Phi) is 5.64. The smallest absolute Gasteiger partial charge is 0.0519 e. The quantitative estimate of drug-likeness (QED) is 0.675. The first-order valence-corrected chi connectivity index (χ1v) is 5.28. The third-order valence-electron chi connectivity index (χ3n) is 3.05. The van der Waals surface area contributed by atoms with Crippen molar-refractivity contribution in [3.63, 3.8) is 0 Å². The SMILES string of the molecule is CC(C)C(C)N(C)CC(C)(CO)CO. The van der Waals surface area contributed by atoms with Gasteiger partial charge in [-0.1, -0.05) is 20.8 Å². The third-order valence-corrected chi connectivity index (χ3v) is 3.05. The first-order valence-electron chi connectivity index (χ1n) is 5.28. The molecule has 0 spiro atoms. The highest BCUT2D eigenvalue weighted by molar-refractivity contribution is 4.78. The zero-order valence-electron chi connectivity index (χ0n) is 10.1. The summed E-state index contributed by atoms with van der Waals surface area (Å²) in [5, 5.41) is 18.3. The lowest BCUT2D eigenvalue weighted by molar-refractivity contribution is 0.0272. The number of nitrogens with zero attached hydrogens (tertiary/aromatic N) is 1. The van der Waals surface area contributed by atoms with Crippen molar-refractivity contribution in [2.24, 2.45) is 11.3 Å². The Hall–Kier alpha value is -0.120. The van der Waals surface area contributed by atoms with Gasteiger partial charge in [0.1, 0.15) is 0 Å². The van der Waals surface area contributed by atoms with Gasteiger partial charge in [0, 0.05) is 18.0 Å². The molecule has 0 radical (unpaired) electrons. The second-order valence-corrected chi connectivity index (χ2v) is 5.03. The Labute approximate surface area is 87.7 Å². The van der Waals surface area contributed by atoms with E-state index in [-0.39, 0.29) is 13.2 Å². The molecule has 0 saturated heterocycles. The van der Waals surface area contributed by atoms with E-state index in [9.17, 15) is 0 Å². The van der Waals surface area contributed by atoms with Crippen LogP contribution in [0.15, 0.2) is 0 Å². The van der Waals surface area contributed by atoms with Crippen LogP contribution in [0.2, 0.25) is 0 Å². The fourth-order valence-electron chi connectivity index (χ4n) is 1.41. The molecule has 0 aromatic carbocycles. The number of aliphatic hydroxyl groups excluding tert-OH is 2. The molecule has 1 atom stereocenters. The van der Waals surface area contributed by atoms with Gasteiger partial charge in [-0.2, -0.15) is 0 Å². The molecule has 0 aromatic heterocycles. The molecule has 0 rings (SSSR count). The van der Waals surface area contributed by atoms with Crippen LogP contribution in [-0.2, 0) is 0 Å². The monoisotopic (exact) mass is 203 g/mol. The Morgan fingerprint density at radius 1 is 1.14 bits per heavy atom. The predicted octanol–water partition coefficient (Wildman–Crippen LogP) is 0.954. The van der Waals surface area contributed by atoms with Gasteiger partial charge < -0.3 is 15.1 Å². The van der Waals surface area contributed by atoms with E-state index in [0.717, 1.165) is 6.54 Å². The van der Waals surface area contributed by atoms with Gasteiger partial charge in [-0.25, -0.2) is 0 Å². The van der Waals surface area contributed by atoms with Crippen molar-refractivity contribution in [1.29, 1.82) is 0 Å². The molecule has 0 heterocycles. The highest BCUT2D eigenvalue weighted by Crippen LogP contribution is 2.18. The Bertz CT molecular complexity index is 155. The first-order chi connectivity index (χ1) is 6.36. The summed E-state index contributed by atoms with van der Waals surface area (Å²) >= 11 is 0. The van der Waals surface area contributed by atoms with Gasteiger partial charge in [0.05, 0.1) is 13.2 Å². The van der Waals surface area contributed by atoms with Gasteiger partial charge in [0.25, 0.3) is 0 Å². The van der Waals surface area contributed by atoms with Gasteiger partial charge in [-0.3, -0.25) is 0 Å². The largest absolute Gasteiger partial charge is 0.396 e. The molecular weight excluding hydrogens is 178 g/mol. The Morgan fingerprint density at radius 2 is 1.57 bits per heavy atom. The van der Waals surface area contributed by atoms with Crippen LogP contribution >= 0.6 is 0 Å². The van der Waals surface area contributed by atoms with Crippen LogP contribution in [0.4, 0.5) is 0 Å². The van der Waals surface area contributed by atoms with Crippen molar-refractivity contribution in [2.75, 3.05) is 26.8 Å². The van der Waals surface area contributed by atoms with Crippen molar-refractivity contribution in [3.8, 4) is 0 Å². The molecule has 0 aliphatic heterocycles. The molecule has 0 aromatic rings. The van der Waals surface area contributed by atoms with Crippen LogP contribution in [0.5, 0.6) is 0 Å². The molecule has 0 saturated carbocycles. The number of rotatable bonds is 6. The van der Waals surface area contributed by atoms with Crippen LogP contribution < -0.4 is 0 Å². The molecule has 3 nitrogen and oxygen atoms in total. The average Bonchev–Trinajstić information content (AvgIpc) is 2.16. The maximum atomic E-state index is 9.17. The average molecular weight is 203 g/mol. The van der Waals surface area contributed by atoms with Crippen molar-refractivity contribution < 1.29 is 10.2 Å². The van der Waals surface area contributed by atoms with E-state index in [1.165, 1.54) is 0 Å². The van der Waals surface area contributed by atoms with Crippen molar-refractivity contribution >= 4 is 0 Å². The predicted molar refractivity (Wildman–Crippen MR) is 59.2 cm³/mol. The normalized spacial score (nSPS) is 15.2. The minimum atomic E-state index is -0.391. The van der Waals surface area contributed by atoms with Crippen molar-refractivity contribution in [3.05, 3.63) is 0 Å². The molecular formula is C11H25NO2. The summed E-state index contributed by atoms with van der Waals surface area (Å²) in [6, 6.07) is 0.465. The van der Waals surface area contributed by atoms with E-state index in [0.29, 0.717) is 12.0 Å². The zero-order valence-corrected chi connectivity index (χ0v) is 10.1. The number of aliphatic hydroxyl groups is 2. The second-order valence-electron chi connectivity index (χ2n) is 5.03. The van der Waals surface area contributed by atoms with E-state index in [1.807, 2.05) is 14.0 Å². The van der Waals surface area contributed by atoms with E-state index >= 15 is 0 Å². The van der Waals surface area contributed by atoms with E-state index in [1.54, 1.807) is 0 Å². The molecule has 3 heteroatoms. The summed E-state index contributed by atoms with van der Waals surface area (Å²) in [4.78, 5) is 2.19. The Balaban J connectivity index is 4.22. The molecule has 86 valence electrons. The van der Waals surface area contributed by atoms with Crippen molar-refractivity contribution in [1.82, 2.24) is 4.90 Å². The van der Waals surface area contributed by atoms with Crippen LogP contribution in [0, 0.1) is 11.3 Å². The minimum Gasteiger partial charge on any atom is -0.396 e. The van der Waals surface area contributed by atoms with Gasteiger partial charge in [0.2, 0.25) is 0 Å². The lowest BCUT2D eigenvalue weighted by atomic mass is 9.91. The summed E-state index contributed by atoms with van der Waals surface area (Å²) < 4.78 is 0. The molecule has 0 amide bonds. The van der Waals surface area contributed by atoms with Gasteiger partial charge in [-0.15, -0.1) is 0 Å². The molecule has 2 N–H and O–H groups in total. The fourth-order valence-corrected chi connectivity index (χ4v) is 1.41. The van der Waals surface area contributed by atoms with Gasteiger partial charge >= 0.3 is 0 Å². The van der Waals surface area contributed by atoms with Crippen LogP contribution in [0.1, 0.15) is 27.7 Å². The summed E-state index contributed by atoms with van der Waals surface area (Å²) in [6.07, 6.45) is 0. The summed E-state index contributed by atoms with van der Waals surface area (Å²) in [5.41, 5.74) is -0.391. The fraction of sp³-hybridized carbons (Fsp3) is 1.00. The molecule has 0 fully saturated rings. The molecule has 0 bridgehead atoms. The molecule has 14 heavy (non-hydrogen) atoms. The highest BCUT2D eigenvalue weighted by Gasteiger charge is 2.26. The maximum absolute atomic E-state index is 9.17. The topological polar surface area (TPSA) is 43.7 Å². The van der Waals surface area contributed by atoms with E-state index < -0.39 is 5.41 Å². The summed E-state index contributed by atoms with van der Waals surface area (Å²) in [6.45, 7) is 9.19.